The van der Waals surface area contributed by atoms with Crippen molar-refractivity contribution in [2.75, 3.05) is 13.1 Å². The Labute approximate surface area is 111 Å². The van der Waals surface area contributed by atoms with Gasteiger partial charge < -0.3 is 21.6 Å². The molecular formula is C12H20N4O3. The Balaban J connectivity index is 1.92. The zero-order valence-corrected chi connectivity index (χ0v) is 10.8. The van der Waals surface area contributed by atoms with Crippen molar-refractivity contribution in [2.45, 2.75) is 32.1 Å². The molecule has 0 spiro atoms. The van der Waals surface area contributed by atoms with E-state index in [1.165, 1.54) is 0 Å². The van der Waals surface area contributed by atoms with Crippen LogP contribution in [-0.2, 0) is 9.59 Å². The molecule has 0 bridgehead atoms. The van der Waals surface area contributed by atoms with Crippen LogP contribution in [0.25, 0.3) is 0 Å². The molecule has 0 radical (unpaired) electrons. The predicted molar refractivity (Wildman–Crippen MR) is 68.2 cm³/mol. The molecule has 106 valence electrons. The highest BCUT2D eigenvalue weighted by atomic mass is 16.4. The molecule has 0 aromatic rings. The quantitative estimate of drug-likeness (QED) is 0.278. The number of amides is 2. The van der Waals surface area contributed by atoms with E-state index in [-0.39, 0.29) is 23.6 Å². The summed E-state index contributed by atoms with van der Waals surface area (Å²) in [5.74, 6) is -0.0715. The van der Waals surface area contributed by atoms with Crippen LogP contribution in [0, 0.1) is 11.3 Å². The van der Waals surface area contributed by atoms with Gasteiger partial charge in [0.25, 0.3) is 0 Å². The molecule has 1 heterocycles. The summed E-state index contributed by atoms with van der Waals surface area (Å²) >= 11 is 0. The molecule has 2 rings (SSSR count). The van der Waals surface area contributed by atoms with Gasteiger partial charge in [-0.2, -0.15) is 0 Å². The summed E-state index contributed by atoms with van der Waals surface area (Å²) < 4.78 is 0. The standard InChI is InChI=1S/C12H20N4O3/c13-9(17)7-8-1-5-16(6-2-8)11(18)12(3-4-12)10(14)15-19/h8,19H,1-7H2,(H2,13,17)(H2,14,15). The largest absolute Gasteiger partial charge is 0.409 e. The van der Waals surface area contributed by atoms with Crippen molar-refractivity contribution >= 4 is 17.6 Å². The van der Waals surface area contributed by atoms with Crippen molar-refractivity contribution in [3.05, 3.63) is 0 Å². The second-order valence-electron chi connectivity index (χ2n) is 5.47. The van der Waals surface area contributed by atoms with Crippen LogP contribution >= 0.6 is 0 Å². The molecule has 2 amide bonds. The third kappa shape index (κ3) is 2.64. The molecule has 2 aliphatic rings. The fourth-order valence-corrected chi connectivity index (χ4v) is 2.73. The van der Waals surface area contributed by atoms with E-state index < -0.39 is 5.41 Å². The number of hydrogen-bond donors (Lipinski definition) is 3. The van der Waals surface area contributed by atoms with Crippen LogP contribution in [-0.4, -0.2) is 40.8 Å². The maximum Gasteiger partial charge on any atom is 0.236 e. The molecule has 7 nitrogen and oxygen atoms in total. The van der Waals surface area contributed by atoms with Gasteiger partial charge in [0.15, 0.2) is 5.84 Å². The number of oxime groups is 1. The molecule has 0 atom stereocenters. The Morgan fingerprint density at radius 1 is 1.26 bits per heavy atom. The number of amidine groups is 1. The minimum absolute atomic E-state index is 0.0109. The van der Waals surface area contributed by atoms with Gasteiger partial charge in [0, 0.05) is 19.5 Å². The van der Waals surface area contributed by atoms with Gasteiger partial charge >= 0.3 is 0 Å². The highest BCUT2D eigenvalue weighted by Gasteiger charge is 2.56. The zero-order valence-electron chi connectivity index (χ0n) is 10.8. The Kier molecular flexibility index (Phi) is 3.64. The fraction of sp³-hybridized carbons (Fsp3) is 0.750. The third-order valence-corrected chi connectivity index (χ3v) is 4.15. The summed E-state index contributed by atoms with van der Waals surface area (Å²) in [5.41, 5.74) is 10.0. The van der Waals surface area contributed by atoms with Crippen molar-refractivity contribution < 1.29 is 14.8 Å². The molecule has 0 unspecified atom stereocenters. The minimum Gasteiger partial charge on any atom is -0.409 e. The number of piperidine rings is 1. The SMILES string of the molecule is NC(=O)CC1CCN(C(=O)C2(C(N)=NO)CC2)CC1. The second-order valence-corrected chi connectivity index (χ2v) is 5.47. The average Bonchev–Trinajstić information content (AvgIpc) is 3.18. The number of likely N-dealkylation sites (tertiary alicyclic amines) is 1. The summed E-state index contributed by atoms with van der Waals surface area (Å²) in [6.45, 7) is 1.22. The lowest BCUT2D eigenvalue weighted by atomic mass is 9.92. The molecule has 0 aromatic heterocycles. The van der Waals surface area contributed by atoms with Crippen molar-refractivity contribution in [3.63, 3.8) is 0 Å². The summed E-state index contributed by atoms with van der Waals surface area (Å²) in [7, 11) is 0. The molecule has 19 heavy (non-hydrogen) atoms. The lowest BCUT2D eigenvalue weighted by Crippen LogP contribution is -2.47. The van der Waals surface area contributed by atoms with Gasteiger partial charge in [-0.3, -0.25) is 9.59 Å². The third-order valence-electron chi connectivity index (χ3n) is 4.15. The van der Waals surface area contributed by atoms with E-state index in [1.807, 2.05) is 0 Å². The molecule has 1 saturated heterocycles. The highest BCUT2D eigenvalue weighted by Crippen LogP contribution is 2.47. The van der Waals surface area contributed by atoms with Crippen LogP contribution < -0.4 is 11.5 Å². The fourth-order valence-electron chi connectivity index (χ4n) is 2.73. The average molecular weight is 268 g/mol. The van der Waals surface area contributed by atoms with E-state index in [0.29, 0.717) is 32.4 Å². The highest BCUT2D eigenvalue weighted by molar-refractivity contribution is 6.09. The summed E-state index contributed by atoms with van der Waals surface area (Å²) in [5, 5.41) is 11.7. The molecule has 2 fully saturated rings. The molecule has 5 N–H and O–H groups in total. The van der Waals surface area contributed by atoms with Crippen LogP contribution in [0.5, 0.6) is 0 Å². The summed E-state index contributed by atoms with van der Waals surface area (Å²) in [4.78, 5) is 25.0. The van der Waals surface area contributed by atoms with E-state index >= 15 is 0 Å². The summed E-state index contributed by atoms with van der Waals surface area (Å²) in [6, 6.07) is 0. The first-order valence-corrected chi connectivity index (χ1v) is 6.55. The predicted octanol–water partition coefficient (Wildman–Crippen LogP) is -0.373. The van der Waals surface area contributed by atoms with Crippen molar-refractivity contribution in [1.82, 2.24) is 4.90 Å². The molecule has 1 saturated carbocycles. The van der Waals surface area contributed by atoms with Crippen LogP contribution in [0.4, 0.5) is 0 Å². The Morgan fingerprint density at radius 2 is 1.84 bits per heavy atom. The molecule has 0 aromatic carbocycles. The maximum absolute atomic E-state index is 12.4. The van der Waals surface area contributed by atoms with Gasteiger partial charge in [-0.1, -0.05) is 5.16 Å². The number of carbonyl (C=O) groups excluding carboxylic acids is 2. The minimum atomic E-state index is -0.773. The first kappa shape index (κ1) is 13.6. The van der Waals surface area contributed by atoms with Gasteiger partial charge in [-0.25, -0.2) is 0 Å². The first-order valence-electron chi connectivity index (χ1n) is 6.55. The number of carbonyl (C=O) groups is 2. The van der Waals surface area contributed by atoms with Gasteiger partial charge in [0.2, 0.25) is 11.8 Å². The maximum atomic E-state index is 12.4. The Hall–Kier alpha value is -1.79. The van der Waals surface area contributed by atoms with Crippen LogP contribution in [0.15, 0.2) is 5.16 Å². The molecule has 7 heteroatoms. The number of nitrogens with zero attached hydrogens (tertiary/aromatic N) is 2. The normalized spacial score (nSPS) is 23.2. The molecule has 1 aliphatic carbocycles. The van der Waals surface area contributed by atoms with E-state index in [1.54, 1.807) is 4.90 Å². The smallest absolute Gasteiger partial charge is 0.236 e. The molecular weight excluding hydrogens is 248 g/mol. The monoisotopic (exact) mass is 268 g/mol. The number of hydrogen-bond acceptors (Lipinski definition) is 4. The second kappa shape index (κ2) is 5.07. The first-order chi connectivity index (χ1) is 8.99. The number of rotatable bonds is 4. The van der Waals surface area contributed by atoms with Crippen LogP contribution in [0.2, 0.25) is 0 Å². The van der Waals surface area contributed by atoms with E-state index in [0.717, 1.165) is 12.8 Å². The van der Waals surface area contributed by atoms with Gasteiger partial charge in [-0.15, -0.1) is 0 Å². The Bertz CT molecular complexity index is 409. The number of primary amides is 1. The van der Waals surface area contributed by atoms with Crippen molar-refractivity contribution in [1.29, 1.82) is 0 Å². The van der Waals surface area contributed by atoms with Gasteiger partial charge in [0.05, 0.1) is 0 Å². The zero-order chi connectivity index (χ0) is 14.0. The molecule has 1 aliphatic heterocycles. The van der Waals surface area contributed by atoms with Gasteiger partial charge in [-0.05, 0) is 31.6 Å². The lowest BCUT2D eigenvalue weighted by Gasteiger charge is -2.33. The van der Waals surface area contributed by atoms with Crippen molar-refractivity contribution in [2.24, 2.45) is 28.0 Å². The van der Waals surface area contributed by atoms with E-state index in [4.69, 9.17) is 16.7 Å². The lowest BCUT2D eigenvalue weighted by molar-refractivity contribution is -0.136. The number of nitrogens with two attached hydrogens (primary N) is 2. The van der Waals surface area contributed by atoms with Gasteiger partial charge in [0.1, 0.15) is 5.41 Å². The van der Waals surface area contributed by atoms with E-state index in [2.05, 4.69) is 5.16 Å². The van der Waals surface area contributed by atoms with Crippen LogP contribution in [0.1, 0.15) is 32.1 Å². The van der Waals surface area contributed by atoms with Crippen LogP contribution in [0.3, 0.4) is 0 Å². The topological polar surface area (TPSA) is 122 Å². The van der Waals surface area contributed by atoms with Crippen molar-refractivity contribution in [3.8, 4) is 0 Å². The van der Waals surface area contributed by atoms with E-state index in [9.17, 15) is 9.59 Å². The Morgan fingerprint density at radius 3 is 2.26 bits per heavy atom. The summed E-state index contributed by atoms with van der Waals surface area (Å²) in [6.07, 6.45) is 3.22.